The summed E-state index contributed by atoms with van der Waals surface area (Å²) in [6, 6.07) is 20.1. The fourth-order valence-electron chi connectivity index (χ4n) is 7.85. The highest BCUT2D eigenvalue weighted by Gasteiger charge is 2.24. The lowest BCUT2D eigenvalue weighted by Crippen LogP contribution is -2.27. The number of aromatic carboxylic acids is 1. The molecule has 752 valence electrons. The number of amides is 6. The number of carboxylic acid groups (broad SMARTS) is 1. The number of methoxy groups -OCH3 is 2. The fraction of sp³-hybridized carbons (Fsp3) is 0.340. The number of halogens is 3. The van der Waals surface area contributed by atoms with Gasteiger partial charge in [0.15, 0.2) is 35.9 Å². The zero-order valence-corrected chi connectivity index (χ0v) is 94.4. The fourth-order valence-corrected chi connectivity index (χ4v) is 13.5. The van der Waals surface area contributed by atoms with Crippen LogP contribution in [0.1, 0.15) is 199 Å². The molecule has 6 amide bonds. The van der Waals surface area contributed by atoms with E-state index in [1.54, 1.807) is 147 Å². The van der Waals surface area contributed by atoms with E-state index in [2.05, 4.69) is 234 Å². The molecule has 0 radical (unpaired) electrons. The second-order valence-electron chi connectivity index (χ2n) is 35.1. The van der Waals surface area contributed by atoms with Gasteiger partial charge in [0, 0.05) is 34.3 Å². The van der Waals surface area contributed by atoms with Crippen LogP contribution in [0, 0.1) is 83.1 Å². The maximum atomic E-state index is 11.7. The molecule has 0 saturated carbocycles. The van der Waals surface area contributed by atoms with Gasteiger partial charge < -0.3 is 48.7 Å². The first-order valence-corrected chi connectivity index (χ1v) is 56.3. The van der Waals surface area contributed by atoms with Crippen LogP contribution in [-0.2, 0) is 37.9 Å². The molecule has 141 heavy (non-hydrogen) atoms. The van der Waals surface area contributed by atoms with Gasteiger partial charge in [0.05, 0.1) is 88.6 Å². The number of esters is 2. The number of aromatic nitrogens is 7. The molecule has 44 heteroatoms. The summed E-state index contributed by atoms with van der Waals surface area (Å²) in [7, 11) is 0.207. The molecule has 0 saturated heterocycles. The van der Waals surface area contributed by atoms with Crippen molar-refractivity contribution < 1.29 is 86.2 Å². The molecular formula is C97H115Br3N14O18S7Si2. The van der Waals surface area contributed by atoms with Gasteiger partial charge in [-0.05, 0) is 280 Å². The Labute approximate surface area is 880 Å². The number of carboxylic acids is 1. The molecule has 7 heterocycles. The Morgan fingerprint density at radius 3 is 0.943 bits per heavy atom. The smallest absolute Gasteiger partial charge is 0.413 e. The largest absolute Gasteiger partial charge is 0.478 e. The summed E-state index contributed by atoms with van der Waals surface area (Å²) in [5, 5.41) is 31.2. The average molecular weight is 2290 g/mol. The monoisotopic (exact) mass is 2280 g/mol. The number of ether oxygens (including phenoxy) is 8. The molecule has 9 N–H and O–H groups in total. The molecule has 0 fully saturated rings. The Balaban J connectivity index is 0.000000817. The predicted molar refractivity (Wildman–Crippen MR) is 585 cm³/mol. The number of hydrogen-bond donors (Lipinski definition) is 8. The third kappa shape index (κ3) is 65.1. The molecule has 0 unspecified atom stereocenters. The number of nitrogen functional groups attached to an aromatic ring is 1. The summed E-state index contributed by atoms with van der Waals surface area (Å²) in [5.74, 6) is 26.1. The molecule has 0 aliphatic rings. The number of benzene rings is 3. The topological polar surface area (TPSA) is 436 Å². The van der Waals surface area contributed by atoms with Crippen molar-refractivity contribution in [1.82, 2.24) is 34.9 Å². The van der Waals surface area contributed by atoms with Crippen LogP contribution in [0.15, 0.2) is 134 Å². The lowest BCUT2D eigenvalue weighted by molar-refractivity contribution is 0.0592. The van der Waals surface area contributed by atoms with E-state index in [9.17, 15) is 43.2 Å². The SMILES string of the molecule is C.C#C[Si](C)(C)C.C#Cc1cnc(NC(=O)OC(C)(C)C)s1.CC(C)(C)OC(=O)Nc1ncc(Br)s1.CC(C)(C)OC(=O)Nc1ncc(C#CC#Cc2ccc(C(=O)O)cc2)s1.CC(C)(C)OC(=O)Nc1ncc(C#C[Si](C)(C)C)s1.CC(C)(C)OC(=O)Nc1nccs1.COC(=O)c1ccc(C#CC#Cc2cnc(NC(=O)OC(C)(C)C)s2)cc1.COC(=O)c1ccc(C=C(Br)Br)cc1.Nc1nccs1. The first-order valence-electron chi connectivity index (χ1n) is 41.1. The normalized spacial score (nSPS) is 10.3. The van der Waals surface area contributed by atoms with E-state index in [0.29, 0.717) is 67.2 Å². The number of nitrogens with zero attached hydrogens (tertiary/aromatic N) is 7. The van der Waals surface area contributed by atoms with Crippen molar-refractivity contribution in [1.29, 1.82) is 0 Å². The Kier molecular flexibility index (Phi) is 55.5. The predicted octanol–water partition coefficient (Wildman–Crippen LogP) is 25.6. The standard InChI is InChI=1S/C20H18N2O4S.C19H16N2O4S.C13H20N2O2SSi.C10H8Br2O2.C10H12N2O2S.C8H11BrN2O2S.C8H12N2O2S.C5H10Si.C3H4N2S.CH4/c1-20(2,3)26-19(24)22-18-21-13-16(27-18)8-6-5-7-14-9-11-15(12-10-14)17(23)25-4;1-19(2,3)25-18(24)21-17-20-12-15(26-17)7-5-4-6-13-8-10-14(11-9-13)16(22)23;1-13(2,3)17-12(16)15-11-14-9-10(18-11)7-8-19(4,5)6;1-14-10(13)8-4-2-7(3-5-8)6-9(11)12;1-5-7-6-11-8(15-7)12-9(13)14-10(2,3)4;1-8(2,3)13-7(12)11-6-10-4-5(9)14-6;1-8(2,3)12-7(11)10-6-9-4-5-13-6;1-5-6(2,3)4;4-3-5-1-2-6-3;/h9-13H,1-4H3,(H,21,22,24);8-12H,1-3H3,(H,22,23)(H,20,21,24);9H,1-6H3,(H,14,15,16);2-6H,1H3;1,6H,2-4H3,(H,11,12,13);4H,1-3H3,(H,10,11,12);4-5H,1-3H3,(H,9,10,11);1H,2-4H3;1-2H,(H2,4,5);1H4. The molecule has 0 aliphatic carbocycles. The number of rotatable bonds is 10. The minimum atomic E-state index is -1.39. The number of carbonyl (C=O) groups excluding carboxylic acids is 8. The minimum absolute atomic E-state index is 0. The van der Waals surface area contributed by atoms with Gasteiger partial charge in [-0.3, -0.25) is 31.9 Å². The molecule has 0 atom stereocenters. The molecular weight excluding hydrogens is 2170 g/mol. The van der Waals surface area contributed by atoms with Gasteiger partial charge in [-0.2, -0.15) is 0 Å². The second-order valence-corrected chi connectivity index (χ2v) is 55.8. The van der Waals surface area contributed by atoms with Crippen molar-refractivity contribution in [2.24, 2.45) is 0 Å². The number of hydrogen-bond acceptors (Lipinski definition) is 32. The molecule has 32 nitrogen and oxygen atoms in total. The van der Waals surface area contributed by atoms with E-state index < -0.39 is 98.3 Å². The number of nitrogens with two attached hydrogens (primary N) is 1. The van der Waals surface area contributed by atoms with E-state index in [1.165, 1.54) is 118 Å². The zero-order chi connectivity index (χ0) is 106. The van der Waals surface area contributed by atoms with Crippen LogP contribution >= 0.6 is 127 Å². The van der Waals surface area contributed by atoms with Crippen LogP contribution < -0.4 is 37.6 Å². The maximum Gasteiger partial charge on any atom is 0.413 e. The number of thiazole rings is 7. The molecule has 10 rings (SSSR count). The average Bonchev–Trinajstić information content (AvgIpc) is 1.51. The van der Waals surface area contributed by atoms with E-state index in [4.69, 9.17) is 52.1 Å². The van der Waals surface area contributed by atoms with Crippen LogP contribution in [0.2, 0.25) is 39.3 Å². The van der Waals surface area contributed by atoms with Crippen LogP contribution in [0.25, 0.3) is 6.08 Å². The van der Waals surface area contributed by atoms with Crippen LogP contribution in [0.3, 0.4) is 0 Å². The third-order valence-corrected chi connectivity index (χ3v) is 21.3. The van der Waals surface area contributed by atoms with Gasteiger partial charge in [-0.15, -0.1) is 46.6 Å². The number of terminal acetylenes is 2. The lowest BCUT2D eigenvalue weighted by Gasteiger charge is -2.18. The van der Waals surface area contributed by atoms with E-state index in [0.717, 1.165) is 23.2 Å². The summed E-state index contributed by atoms with van der Waals surface area (Å²) < 4.78 is 41.5. The molecule has 0 aliphatic heterocycles. The van der Waals surface area contributed by atoms with Gasteiger partial charge >= 0.3 is 54.5 Å². The molecule has 0 spiro atoms. The van der Waals surface area contributed by atoms with Crippen molar-refractivity contribution >= 4 is 240 Å². The minimum Gasteiger partial charge on any atom is -0.478 e. The first-order chi connectivity index (χ1) is 64.9. The van der Waals surface area contributed by atoms with Crippen molar-refractivity contribution in [3.8, 4) is 83.1 Å². The highest BCUT2D eigenvalue weighted by Crippen LogP contribution is 2.27. The molecule has 3 aromatic carbocycles. The van der Waals surface area contributed by atoms with Gasteiger partial charge in [-0.25, -0.2) is 78.0 Å². The Hall–Kier alpha value is -12.6. The van der Waals surface area contributed by atoms with Crippen molar-refractivity contribution in [2.45, 2.75) is 205 Å². The highest BCUT2D eigenvalue weighted by atomic mass is 79.9. The van der Waals surface area contributed by atoms with Crippen LogP contribution in [0.4, 0.5) is 64.7 Å². The molecule has 0 bridgehead atoms. The van der Waals surface area contributed by atoms with Gasteiger partial charge in [-0.1, -0.05) is 139 Å². The number of carbonyl (C=O) groups is 9. The van der Waals surface area contributed by atoms with E-state index >= 15 is 0 Å². The third-order valence-electron chi connectivity index (χ3n) is 13.1. The van der Waals surface area contributed by atoms with Crippen molar-refractivity contribution in [2.75, 3.05) is 51.9 Å². The highest BCUT2D eigenvalue weighted by molar-refractivity contribution is 9.28. The van der Waals surface area contributed by atoms with E-state index in [-0.39, 0.29) is 19.0 Å². The summed E-state index contributed by atoms with van der Waals surface area (Å²) in [6.45, 7) is 45.4. The number of anilines is 7. The summed E-state index contributed by atoms with van der Waals surface area (Å²) in [6.07, 6.45) is 20.3. The Morgan fingerprint density at radius 1 is 0.397 bits per heavy atom. The Bertz CT molecular complexity index is 6170. The summed E-state index contributed by atoms with van der Waals surface area (Å²) in [5.41, 5.74) is 11.7. The summed E-state index contributed by atoms with van der Waals surface area (Å²) in [4.78, 5) is 132. The molecule has 10 aromatic rings. The number of nitrogens with one attached hydrogen (secondary N) is 6. The van der Waals surface area contributed by atoms with Crippen LogP contribution in [-0.4, -0.2) is 158 Å². The van der Waals surface area contributed by atoms with Gasteiger partial charge in [0.25, 0.3) is 0 Å². The summed E-state index contributed by atoms with van der Waals surface area (Å²) >= 11 is 18.9. The van der Waals surface area contributed by atoms with E-state index in [1.807, 2.05) is 85.9 Å². The van der Waals surface area contributed by atoms with Gasteiger partial charge in [0.1, 0.15) is 49.8 Å². The van der Waals surface area contributed by atoms with Crippen molar-refractivity contribution in [3.05, 3.63) is 187 Å². The quantitative estimate of drug-likeness (QED) is 0.0273. The van der Waals surface area contributed by atoms with Gasteiger partial charge in [0.2, 0.25) is 0 Å². The first kappa shape index (κ1) is 126. The Morgan fingerprint density at radius 2 is 0.688 bits per heavy atom. The van der Waals surface area contributed by atoms with Crippen LogP contribution in [0.5, 0.6) is 0 Å². The maximum absolute atomic E-state index is 11.7. The lowest BCUT2D eigenvalue weighted by atomic mass is 10.1. The second kappa shape index (κ2) is 61.9. The van der Waals surface area contributed by atoms with Crippen molar-refractivity contribution in [3.63, 3.8) is 0 Å². The molecule has 7 aromatic heterocycles. The zero-order valence-electron chi connectivity index (χ0n) is 81.9.